The van der Waals surface area contributed by atoms with Crippen LogP contribution in [-0.2, 0) is 28.3 Å². The molecule has 0 radical (unpaired) electrons. The first kappa shape index (κ1) is 20.7. The third kappa shape index (κ3) is 3.06. The number of hydrogen-bond donors (Lipinski definition) is 0. The molecule has 2 aliphatic heterocycles. The van der Waals surface area contributed by atoms with Gasteiger partial charge in [0.15, 0.2) is 5.03 Å². The topological polar surface area (TPSA) is 75.5 Å². The molecule has 3 fully saturated rings. The summed E-state index contributed by atoms with van der Waals surface area (Å²) in [4.78, 5) is 19.2. The van der Waals surface area contributed by atoms with Crippen LogP contribution in [-0.4, -0.2) is 57.2 Å². The molecule has 1 saturated carbocycles. The van der Waals surface area contributed by atoms with Crippen LogP contribution in [0.4, 0.5) is 0 Å². The zero-order chi connectivity index (χ0) is 22.0. The molecule has 7 nitrogen and oxygen atoms in total. The Morgan fingerprint density at radius 2 is 1.90 bits per heavy atom. The Morgan fingerprint density at radius 3 is 2.55 bits per heavy atom. The van der Waals surface area contributed by atoms with Crippen LogP contribution in [0.3, 0.4) is 0 Å². The van der Waals surface area contributed by atoms with Crippen molar-refractivity contribution in [1.82, 2.24) is 18.8 Å². The Kier molecular flexibility index (Phi) is 4.79. The fraction of sp³-hybridized carbons (Fsp3) is 0.565. The highest BCUT2D eigenvalue weighted by Gasteiger charge is 2.66. The van der Waals surface area contributed by atoms with Gasteiger partial charge in [-0.05, 0) is 37.7 Å². The maximum atomic E-state index is 13.9. The van der Waals surface area contributed by atoms with Crippen LogP contribution in [0.25, 0.3) is 0 Å². The van der Waals surface area contributed by atoms with E-state index in [2.05, 4.69) is 24.0 Å². The second-order valence-corrected chi connectivity index (χ2v) is 11.4. The first-order chi connectivity index (χ1) is 14.7. The minimum absolute atomic E-state index is 0.0413. The molecule has 0 unspecified atom stereocenters. The van der Waals surface area contributed by atoms with Crippen LogP contribution in [0, 0.1) is 5.41 Å². The van der Waals surface area contributed by atoms with E-state index < -0.39 is 10.0 Å². The number of fused-ring (bicyclic) bond motifs is 1. The zero-order valence-corrected chi connectivity index (χ0v) is 19.1. The second kappa shape index (κ2) is 7.17. The van der Waals surface area contributed by atoms with Crippen LogP contribution in [0.15, 0.2) is 47.9 Å². The van der Waals surface area contributed by atoms with E-state index in [-0.39, 0.29) is 40.5 Å². The van der Waals surface area contributed by atoms with Gasteiger partial charge in [0.25, 0.3) is 10.0 Å². The van der Waals surface area contributed by atoms with Gasteiger partial charge < -0.3 is 9.47 Å². The van der Waals surface area contributed by atoms with E-state index in [1.807, 2.05) is 23.1 Å². The predicted octanol–water partition coefficient (Wildman–Crippen LogP) is 2.58. The molecular formula is C23H30N4O3S. The smallest absolute Gasteiger partial charge is 0.262 e. The summed E-state index contributed by atoms with van der Waals surface area (Å²) >= 11 is 0. The highest BCUT2D eigenvalue weighted by molar-refractivity contribution is 7.89. The number of imidazole rings is 1. The molecule has 2 aromatic rings. The van der Waals surface area contributed by atoms with Gasteiger partial charge in [0, 0.05) is 43.7 Å². The Balaban J connectivity index is 1.64. The van der Waals surface area contributed by atoms with Crippen LogP contribution >= 0.6 is 0 Å². The van der Waals surface area contributed by atoms with Crippen LogP contribution in [0.2, 0.25) is 0 Å². The summed E-state index contributed by atoms with van der Waals surface area (Å²) in [5.74, 6) is 0.0413. The number of rotatable bonds is 4. The summed E-state index contributed by atoms with van der Waals surface area (Å²) in [6, 6.07) is 9.62. The number of piperidine rings is 1. The largest absolute Gasteiger partial charge is 0.339 e. The Hall–Kier alpha value is -2.19. The van der Waals surface area contributed by atoms with Gasteiger partial charge in [0.2, 0.25) is 5.91 Å². The molecule has 0 spiro atoms. The standard InChI is InChI=1S/C23H30N4O3S/c1-16(28)26-18(12-17-8-5-4-6-9-17)19-13-23(2)20(26)10-7-11-21(23)27(19)31(29,30)22-14-25(3)15-24-22/h4-6,8-9,14-15,18-21H,7,10-13H2,1-3H3/t18-,19+,20-,21+,23-/m1/s1. The lowest BCUT2D eigenvalue weighted by molar-refractivity contribution is -0.142. The Bertz CT molecular complexity index is 1100. The minimum Gasteiger partial charge on any atom is -0.339 e. The van der Waals surface area contributed by atoms with Crippen molar-refractivity contribution in [2.75, 3.05) is 0 Å². The third-order valence-electron chi connectivity index (χ3n) is 7.77. The van der Waals surface area contributed by atoms with Crippen molar-refractivity contribution in [1.29, 1.82) is 0 Å². The molecule has 3 aliphatic rings. The molecule has 5 rings (SSSR count). The Labute approximate surface area is 184 Å². The SMILES string of the molecule is CC(=O)N1[C@H](Cc2ccccc2)[C@@H]2C[C@@]3(C)[C@H](CCC[C@@H]13)N2S(=O)(=O)c1cn(C)cn1. The zero-order valence-electron chi connectivity index (χ0n) is 18.3. The number of aromatic nitrogens is 2. The lowest BCUT2D eigenvalue weighted by atomic mass is 9.64. The van der Waals surface area contributed by atoms with Crippen molar-refractivity contribution in [2.24, 2.45) is 12.5 Å². The van der Waals surface area contributed by atoms with E-state index in [4.69, 9.17) is 0 Å². The van der Waals surface area contributed by atoms with Gasteiger partial charge in [0.05, 0.1) is 12.4 Å². The number of nitrogens with zero attached hydrogens (tertiary/aromatic N) is 4. The molecule has 3 heterocycles. The van der Waals surface area contributed by atoms with E-state index in [0.717, 1.165) is 31.2 Å². The highest BCUT2D eigenvalue weighted by Crippen LogP contribution is 2.57. The van der Waals surface area contributed by atoms with Crippen molar-refractivity contribution in [2.45, 2.75) is 75.1 Å². The normalized spacial score (nSPS) is 32.9. The van der Waals surface area contributed by atoms with Crippen molar-refractivity contribution in [3.63, 3.8) is 0 Å². The lowest BCUT2D eigenvalue weighted by Gasteiger charge is -2.53. The number of sulfonamides is 1. The van der Waals surface area contributed by atoms with Gasteiger partial charge in [-0.3, -0.25) is 4.79 Å². The molecule has 1 amide bonds. The highest BCUT2D eigenvalue weighted by atomic mass is 32.2. The van der Waals surface area contributed by atoms with E-state index in [0.29, 0.717) is 6.42 Å². The van der Waals surface area contributed by atoms with E-state index in [1.54, 1.807) is 29.0 Å². The molecule has 2 bridgehead atoms. The molecule has 166 valence electrons. The van der Waals surface area contributed by atoms with E-state index in [1.165, 1.54) is 6.33 Å². The van der Waals surface area contributed by atoms with Crippen molar-refractivity contribution in [3.8, 4) is 0 Å². The first-order valence-electron chi connectivity index (χ1n) is 11.1. The molecule has 2 saturated heterocycles. The first-order valence-corrected chi connectivity index (χ1v) is 12.5. The fourth-order valence-electron chi connectivity index (χ4n) is 6.55. The second-order valence-electron chi connectivity index (χ2n) is 9.64. The lowest BCUT2D eigenvalue weighted by Crippen LogP contribution is -2.62. The molecule has 1 aromatic carbocycles. The number of hydrogen-bond acceptors (Lipinski definition) is 4. The summed E-state index contributed by atoms with van der Waals surface area (Å²) in [6.07, 6.45) is 7.24. The molecule has 5 atom stereocenters. The van der Waals surface area contributed by atoms with Crippen LogP contribution in [0.1, 0.15) is 45.1 Å². The number of carbonyl (C=O) groups is 1. The molecule has 8 heteroatoms. The average Bonchev–Trinajstić information content (AvgIpc) is 3.29. The summed E-state index contributed by atoms with van der Waals surface area (Å²) in [5, 5.41) is 0.0982. The molecule has 0 N–H and O–H groups in total. The number of likely N-dealkylation sites (tertiary alicyclic amines) is 1. The van der Waals surface area contributed by atoms with Crippen molar-refractivity contribution >= 4 is 15.9 Å². The van der Waals surface area contributed by atoms with Gasteiger partial charge >= 0.3 is 0 Å². The maximum Gasteiger partial charge on any atom is 0.262 e. The Morgan fingerprint density at radius 1 is 1.19 bits per heavy atom. The molecule has 31 heavy (non-hydrogen) atoms. The van der Waals surface area contributed by atoms with Gasteiger partial charge in [-0.25, -0.2) is 13.4 Å². The number of aryl methyl sites for hydroxylation is 1. The summed E-state index contributed by atoms with van der Waals surface area (Å²) in [5.41, 5.74) is 0.892. The molecular weight excluding hydrogens is 412 g/mol. The quantitative estimate of drug-likeness (QED) is 0.729. The van der Waals surface area contributed by atoms with Crippen LogP contribution < -0.4 is 0 Å². The third-order valence-corrected chi connectivity index (χ3v) is 9.59. The van der Waals surface area contributed by atoms with Gasteiger partial charge in [-0.1, -0.05) is 37.3 Å². The maximum absolute atomic E-state index is 13.9. The summed E-state index contributed by atoms with van der Waals surface area (Å²) < 4.78 is 31.1. The van der Waals surface area contributed by atoms with Gasteiger partial charge in [-0.15, -0.1) is 0 Å². The fourth-order valence-corrected chi connectivity index (χ4v) is 8.49. The summed E-state index contributed by atoms with van der Waals surface area (Å²) in [7, 11) is -1.99. The van der Waals surface area contributed by atoms with E-state index >= 15 is 0 Å². The molecule has 1 aliphatic carbocycles. The summed E-state index contributed by atoms with van der Waals surface area (Å²) in [6.45, 7) is 3.82. The number of amides is 1. The van der Waals surface area contributed by atoms with E-state index in [9.17, 15) is 13.2 Å². The average molecular weight is 443 g/mol. The monoisotopic (exact) mass is 442 g/mol. The minimum atomic E-state index is -3.77. The van der Waals surface area contributed by atoms with Gasteiger partial charge in [-0.2, -0.15) is 4.31 Å². The van der Waals surface area contributed by atoms with Crippen LogP contribution in [0.5, 0.6) is 0 Å². The van der Waals surface area contributed by atoms with Crippen molar-refractivity contribution in [3.05, 3.63) is 48.4 Å². The van der Waals surface area contributed by atoms with Crippen molar-refractivity contribution < 1.29 is 13.2 Å². The predicted molar refractivity (Wildman–Crippen MR) is 117 cm³/mol. The molecule has 1 aromatic heterocycles. The number of carbonyl (C=O) groups excluding carboxylic acids is 1. The van der Waals surface area contributed by atoms with Gasteiger partial charge in [0.1, 0.15) is 0 Å². The number of benzene rings is 1.